The Bertz CT molecular complexity index is 1070. The minimum Gasteiger partial charge on any atom is -0.508 e. The molecule has 36 heavy (non-hydrogen) atoms. The number of hydrogen-bond donors (Lipinski definition) is 4. The van der Waals surface area contributed by atoms with Crippen LogP contribution < -0.4 is 10.1 Å². The van der Waals surface area contributed by atoms with Crippen molar-refractivity contribution in [3.63, 3.8) is 0 Å². The van der Waals surface area contributed by atoms with Crippen molar-refractivity contribution < 1.29 is 29.6 Å². The Balaban J connectivity index is 1.31. The average Bonchev–Trinajstić information content (AvgIpc) is 3.19. The van der Waals surface area contributed by atoms with E-state index in [1.54, 1.807) is 0 Å². The largest absolute Gasteiger partial charge is 0.508 e. The second-order valence-corrected chi connectivity index (χ2v) is 10.5. The van der Waals surface area contributed by atoms with Crippen LogP contribution in [0.2, 0.25) is 5.02 Å². The number of phenolic OH excluding ortho intramolecular Hbond substituents is 1. The second kappa shape index (κ2) is 11.4. The zero-order valence-electron chi connectivity index (χ0n) is 20.7. The minimum atomic E-state index is -0.784. The fourth-order valence-electron chi connectivity index (χ4n) is 4.95. The Kier molecular flexibility index (Phi) is 8.42. The van der Waals surface area contributed by atoms with Gasteiger partial charge in [0.2, 0.25) is 0 Å². The van der Waals surface area contributed by atoms with Gasteiger partial charge in [0.1, 0.15) is 24.2 Å². The monoisotopic (exact) mass is 518 g/mol. The van der Waals surface area contributed by atoms with Gasteiger partial charge in [-0.05, 0) is 54.2 Å². The molecule has 1 amide bonds. The predicted molar refractivity (Wildman–Crippen MR) is 136 cm³/mol. The van der Waals surface area contributed by atoms with Crippen molar-refractivity contribution >= 4 is 17.5 Å². The van der Waals surface area contributed by atoms with Gasteiger partial charge in [-0.1, -0.05) is 31.5 Å². The number of aliphatic hydroxyl groups excluding tert-OH is 2. The standard InChI is InChI=1S/C27H35ClN2O6/c1-17(2)24(14-31)29-26(34)22-5-4-20(32)12-25(22)35-16-21(33)13-30-9-7-27(8-10-30)23-6-3-19(28)11-18(23)15-36-27/h3-6,11-12,17,21,24,31-33H,7-10,13-16H2,1-2H3,(H,29,34)/t21-,24?/m1/s1. The molecule has 4 rings (SSSR count). The van der Waals surface area contributed by atoms with E-state index < -0.39 is 18.1 Å². The summed E-state index contributed by atoms with van der Waals surface area (Å²) in [6.07, 6.45) is 0.871. The van der Waals surface area contributed by atoms with Gasteiger partial charge in [-0.3, -0.25) is 4.79 Å². The first kappa shape index (κ1) is 26.7. The number of nitrogens with one attached hydrogen (secondary N) is 1. The quantitative estimate of drug-likeness (QED) is 0.403. The number of likely N-dealkylation sites (tertiary alicyclic amines) is 1. The van der Waals surface area contributed by atoms with Gasteiger partial charge < -0.3 is 35.0 Å². The molecule has 1 unspecified atom stereocenters. The minimum absolute atomic E-state index is 0.0309. The summed E-state index contributed by atoms with van der Waals surface area (Å²) in [5.74, 6) is -0.226. The Morgan fingerprint density at radius 3 is 2.67 bits per heavy atom. The fraction of sp³-hybridized carbons (Fsp3) is 0.519. The normalized spacial score (nSPS) is 18.7. The van der Waals surface area contributed by atoms with E-state index in [4.69, 9.17) is 21.1 Å². The summed E-state index contributed by atoms with van der Waals surface area (Å²) in [6, 6.07) is 9.78. The number of fused-ring (bicyclic) bond motifs is 2. The summed E-state index contributed by atoms with van der Waals surface area (Å²) in [6.45, 7) is 6.14. The van der Waals surface area contributed by atoms with E-state index in [1.807, 2.05) is 26.0 Å². The van der Waals surface area contributed by atoms with Crippen molar-refractivity contribution in [3.05, 3.63) is 58.1 Å². The molecule has 0 bridgehead atoms. The van der Waals surface area contributed by atoms with Crippen LogP contribution in [0.15, 0.2) is 36.4 Å². The molecule has 2 aliphatic heterocycles. The molecule has 8 nitrogen and oxygen atoms in total. The molecule has 2 aromatic carbocycles. The maximum Gasteiger partial charge on any atom is 0.255 e. The van der Waals surface area contributed by atoms with Gasteiger partial charge in [0.15, 0.2) is 0 Å². The number of aromatic hydroxyl groups is 1. The Morgan fingerprint density at radius 2 is 1.97 bits per heavy atom. The zero-order valence-corrected chi connectivity index (χ0v) is 21.5. The zero-order chi connectivity index (χ0) is 25.9. The van der Waals surface area contributed by atoms with Crippen molar-refractivity contribution in [1.29, 1.82) is 0 Å². The molecular weight excluding hydrogens is 484 g/mol. The third kappa shape index (κ3) is 5.95. The van der Waals surface area contributed by atoms with Crippen molar-refractivity contribution in [1.82, 2.24) is 10.2 Å². The number of β-amino-alcohol motifs (C(OH)–C–C–N with tert-alkyl or cyclic N) is 1. The molecule has 2 aromatic rings. The number of piperidine rings is 1. The Hall–Kier alpha value is -2.36. The maximum absolute atomic E-state index is 12.8. The molecular formula is C27H35ClN2O6. The summed E-state index contributed by atoms with van der Waals surface area (Å²) >= 11 is 6.13. The first-order valence-electron chi connectivity index (χ1n) is 12.4. The molecule has 1 fully saturated rings. The number of phenols is 1. The summed E-state index contributed by atoms with van der Waals surface area (Å²) in [5, 5.41) is 33.6. The van der Waals surface area contributed by atoms with Crippen LogP contribution in [-0.4, -0.2) is 71.1 Å². The lowest BCUT2D eigenvalue weighted by Gasteiger charge is -2.39. The van der Waals surface area contributed by atoms with Crippen LogP contribution in [0, 0.1) is 5.92 Å². The average molecular weight is 519 g/mol. The topological polar surface area (TPSA) is 111 Å². The number of benzene rings is 2. The van der Waals surface area contributed by atoms with Crippen molar-refractivity contribution in [2.75, 3.05) is 32.8 Å². The second-order valence-electron chi connectivity index (χ2n) is 10.0. The third-order valence-corrected chi connectivity index (χ3v) is 7.39. The van der Waals surface area contributed by atoms with Gasteiger partial charge in [0.05, 0.1) is 30.4 Å². The number of rotatable bonds is 9. The van der Waals surface area contributed by atoms with Crippen LogP contribution in [0.25, 0.3) is 0 Å². The van der Waals surface area contributed by atoms with Crippen LogP contribution in [0.4, 0.5) is 0 Å². The number of carbonyl (C=O) groups is 1. The molecule has 196 valence electrons. The van der Waals surface area contributed by atoms with Crippen molar-refractivity contribution in [2.24, 2.45) is 5.92 Å². The lowest BCUT2D eigenvalue weighted by Crippen LogP contribution is -2.46. The molecule has 2 heterocycles. The Labute approximate surface area is 216 Å². The van der Waals surface area contributed by atoms with Crippen LogP contribution >= 0.6 is 11.6 Å². The van der Waals surface area contributed by atoms with Crippen LogP contribution in [-0.2, 0) is 16.9 Å². The highest BCUT2D eigenvalue weighted by Crippen LogP contribution is 2.44. The molecule has 0 saturated carbocycles. The summed E-state index contributed by atoms with van der Waals surface area (Å²) in [4.78, 5) is 14.9. The van der Waals surface area contributed by atoms with Crippen LogP contribution in [0.1, 0.15) is 48.2 Å². The van der Waals surface area contributed by atoms with Gasteiger partial charge in [-0.2, -0.15) is 0 Å². The number of ether oxygens (including phenoxy) is 2. The van der Waals surface area contributed by atoms with Crippen molar-refractivity contribution in [3.8, 4) is 11.5 Å². The molecule has 9 heteroatoms. The van der Waals surface area contributed by atoms with Gasteiger partial charge in [0, 0.05) is 30.7 Å². The number of carbonyl (C=O) groups excluding carboxylic acids is 1. The molecule has 2 aliphatic rings. The number of hydrogen-bond acceptors (Lipinski definition) is 7. The van der Waals surface area contributed by atoms with E-state index in [9.17, 15) is 20.1 Å². The SMILES string of the molecule is CC(C)C(CO)NC(=O)c1ccc(O)cc1OC[C@H](O)CN1CCC2(CC1)OCc1cc(Cl)ccc12. The molecule has 4 N–H and O–H groups in total. The van der Waals surface area contributed by atoms with Crippen LogP contribution in [0.3, 0.4) is 0 Å². The summed E-state index contributed by atoms with van der Waals surface area (Å²) in [5.41, 5.74) is 2.31. The van der Waals surface area contributed by atoms with Gasteiger partial charge in [-0.25, -0.2) is 0 Å². The van der Waals surface area contributed by atoms with E-state index in [1.165, 1.54) is 23.8 Å². The third-order valence-electron chi connectivity index (χ3n) is 7.15. The lowest BCUT2D eigenvalue weighted by molar-refractivity contribution is -0.0835. The Morgan fingerprint density at radius 1 is 1.22 bits per heavy atom. The van der Waals surface area contributed by atoms with E-state index in [-0.39, 0.29) is 41.8 Å². The highest BCUT2D eigenvalue weighted by atomic mass is 35.5. The fourth-order valence-corrected chi connectivity index (χ4v) is 5.15. The number of halogens is 1. The first-order chi connectivity index (χ1) is 17.2. The van der Waals surface area contributed by atoms with Gasteiger partial charge in [-0.15, -0.1) is 0 Å². The highest BCUT2D eigenvalue weighted by Gasteiger charge is 2.42. The molecule has 0 aromatic heterocycles. The van der Waals surface area contributed by atoms with E-state index in [0.717, 1.165) is 36.5 Å². The maximum atomic E-state index is 12.8. The van der Waals surface area contributed by atoms with Crippen molar-refractivity contribution in [2.45, 2.75) is 51.0 Å². The number of aliphatic hydroxyl groups is 2. The summed E-state index contributed by atoms with van der Waals surface area (Å²) < 4.78 is 12.0. The molecule has 1 spiro atoms. The van der Waals surface area contributed by atoms with Crippen LogP contribution in [0.5, 0.6) is 11.5 Å². The first-order valence-corrected chi connectivity index (χ1v) is 12.8. The van der Waals surface area contributed by atoms with E-state index >= 15 is 0 Å². The van der Waals surface area contributed by atoms with Gasteiger partial charge in [0.25, 0.3) is 5.91 Å². The predicted octanol–water partition coefficient (Wildman–Crippen LogP) is 3.05. The van der Waals surface area contributed by atoms with Gasteiger partial charge >= 0.3 is 0 Å². The smallest absolute Gasteiger partial charge is 0.255 e. The molecule has 0 aliphatic carbocycles. The summed E-state index contributed by atoms with van der Waals surface area (Å²) in [7, 11) is 0. The highest BCUT2D eigenvalue weighted by molar-refractivity contribution is 6.30. The molecule has 1 saturated heterocycles. The van der Waals surface area contributed by atoms with E-state index in [0.29, 0.717) is 13.2 Å². The number of amides is 1. The molecule has 0 radical (unpaired) electrons. The number of nitrogens with zero attached hydrogens (tertiary/aromatic N) is 1. The molecule has 2 atom stereocenters. The lowest BCUT2D eigenvalue weighted by atomic mass is 9.84. The van der Waals surface area contributed by atoms with E-state index in [2.05, 4.69) is 16.3 Å².